The molecular formula is C14H20N4O. The first-order valence-electron chi connectivity index (χ1n) is 6.53. The molecule has 0 atom stereocenters. The highest BCUT2D eigenvalue weighted by atomic mass is 16.2. The van der Waals surface area contributed by atoms with Gasteiger partial charge in [-0.3, -0.25) is 5.41 Å². The van der Waals surface area contributed by atoms with Crippen molar-refractivity contribution < 1.29 is 4.79 Å². The summed E-state index contributed by atoms with van der Waals surface area (Å²) < 4.78 is 0. The molecule has 1 aromatic carbocycles. The van der Waals surface area contributed by atoms with Crippen LogP contribution < -0.4 is 11.1 Å². The number of rotatable bonds is 5. The van der Waals surface area contributed by atoms with Gasteiger partial charge in [0.05, 0.1) is 5.84 Å². The number of carbonyl (C=O) groups excluding carboxylic acids is 1. The molecular weight excluding hydrogens is 240 g/mol. The van der Waals surface area contributed by atoms with Crippen molar-refractivity contribution in [1.29, 1.82) is 5.41 Å². The Bertz CT molecular complexity index is 482. The molecule has 0 saturated heterocycles. The van der Waals surface area contributed by atoms with Gasteiger partial charge in [0, 0.05) is 24.7 Å². The number of anilines is 1. The number of nitrogens with one attached hydrogen (secondary N) is 2. The third kappa shape index (κ3) is 3.98. The van der Waals surface area contributed by atoms with E-state index in [1.165, 1.54) is 0 Å². The maximum absolute atomic E-state index is 12.2. The van der Waals surface area contributed by atoms with E-state index in [-0.39, 0.29) is 11.9 Å². The maximum Gasteiger partial charge on any atom is 0.322 e. The van der Waals surface area contributed by atoms with Crippen molar-refractivity contribution >= 4 is 17.6 Å². The fourth-order valence-corrected chi connectivity index (χ4v) is 2.00. The van der Waals surface area contributed by atoms with Crippen LogP contribution in [-0.2, 0) is 0 Å². The standard InChI is InChI=1S/C14H20N4O/c1-10-3-2-4-11(9-10)17-14(19)18(12-5-6-12)8-7-13(15)16/h2-4,9,12H,5-8H2,1H3,(H3,15,16)(H,17,19). The molecule has 1 fully saturated rings. The third-order valence-corrected chi connectivity index (χ3v) is 3.14. The summed E-state index contributed by atoms with van der Waals surface area (Å²) in [4.78, 5) is 14.0. The Balaban J connectivity index is 1.97. The molecule has 1 aromatic rings. The van der Waals surface area contributed by atoms with Gasteiger partial charge in [-0.1, -0.05) is 12.1 Å². The molecule has 1 aliphatic rings. The predicted molar refractivity (Wildman–Crippen MR) is 76.5 cm³/mol. The lowest BCUT2D eigenvalue weighted by molar-refractivity contribution is 0.210. The van der Waals surface area contributed by atoms with Gasteiger partial charge in [0.2, 0.25) is 0 Å². The van der Waals surface area contributed by atoms with Gasteiger partial charge < -0.3 is 16.0 Å². The van der Waals surface area contributed by atoms with Gasteiger partial charge in [0.1, 0.15) is 0 Å². The summed E-state index contributed by atoms with van der Waals surface area (Å²) in [7, 11) is 0. The molecule has 4 N–H and O–H groups in total. The molecule has 0 spiro atoms. The summed E-state index contributed by atoms with van der Waals surface area (Å²) in [6, 6.07) is 7.93. The number of hydrogen-bond acceptors (Lipinski definition) is 2. The van der Waals surface area contributed by atoms with E-state index in [1.807, 2.05) is 31.2 Å². The number of hydrogen-bond donors (Lipinski definition) is 3. The zero-order valence-electron chi connectivity index (χ0n) is 11.1. The molecule has 2 amide bonds. The van der Waals surface area contributed by atoms with Gasteiger partial charge in [0.15, 0.2) is 0 Å². The number of nitrogens with zero attached hydrogens (tertiary/aromatic N) is 1. The van der Waals surface area contributed by atoms with Crippen molar-refractivity contribution in [2.75, 3.05) is 11.9 Å². The van der Waals surface area contributed by atoms with Crippen LogP contribution in [0.3, 0.4) is 0 Å². The Hall–Kier alpha value is -2.04. The van der Waals surface area contributed by atoms with Crippen LogP contribution in [0.4, 0.5) is 10.5 Å². The SMILES string of the molecule is Cc1cccc(NC(=O)N(CCC(=N)N)C2CC2)c1. The Morgan fingerprint density at radius 3 is 2.84 bits per heavy atom. The van der Waals surface area contributed by atoms with E-state index in [0.717, 1.165) is 24.1 Å². The van der Waals surface area contributed by atoms with E-state index in [4.69, 9.17) is 11.1 Å². The Morgan fingerprint density at radius 2 is 2.26 bits per heavy atom. The first-order chi connectivity index (χ1) is 9.06. The van der Waals surface area contributed by atoms with E-state index in [9.17, 15) is 4.79 Å². The molecule has 102 valence electrons. The normalized spacial score (nSPS) is 13.9. The number of nitrogens with two attached hydrogens (primary N) is 1. The number of urea groups is 1. The summed E-state index contributed by atoms with van der Waals surface area (Å²) in [6.07, 6.45) is 2.51. The maximum atomic E-state index is 12.2. The quantitative estimate of drug-likeness (QED) is 0.561. The van der Waals surface area contributed by atoms with Crippen LogP contribution in [0.25, 0.3) is 0 Å². The average Bonchev–Trinajstić information content (AvgIpc) is 3.13. The Labute approximate surface area is 113 Å². The molecule has 5 nitrogen and oxygen atoms in total. The van der Waals surface area contributed by atoms with Crippen LogP contribution >= 0.6 is 0 Å². The molecule has 0 aromatic heterocycles. The van der Waals surface area contributed by atoms with Crippen molar-refractivity contribution in [2.24, 2.45) is 5.73 Å². The highest BCUT2D eigenvalue weighted by molar-refractivity contribution is 5.90. The first-order valence-corrected chi connectivity index (χ1v) is 6.53. The number of benzene rings is 1. The molecule has 0 radical (unpaired) electrons. The van der Waals surface area contributed by atoms with Crippen LogP contribution in [0.1, 0.15) is 24.8 Å². The van der Waals surface area contributed by atoms with Crippen molar-refractivity contribution in [1.82, 2.24) is 4.90 Å². The molecule has 0 unspecified atom stereocenters. The summed E-state index contributed by atoms with van der Waals surface area (Å²) in [5.41, 5.74) is 7.27. The lowest BCUT2D eigenvalue weighted by atomic mass is 10.2. The second-order valence-corrected chi connectivity index (χ2v) is 5.00. The monoisotopic (exact) mass is 260 g/mol. The number of aryl methyl sites for hydroxylation is 1. The summed E-state index contributed by atoms with van der Waals surface area (Å²) in [6.45, 7) is 2.50. The summed E-state index contributed by atoms with van der Waals surface area (Å²) in [5.74, 6) is 0.119. The van der Waals surface area contributed by atoms with E-state index < -0.39 is 0 Å². The van der Waals surface area contributed by atoms with Crippen LogP contribution in [0, 0.1) is 12.3 Å². The Morgan fingerprint density at radius 1 is 1.53 bits per heavy atom. The van der Waals surface area contributed by atoms with Gasteiger partial charge >= 0.3 is 6.03 Å². The highest BCUT2D eigenvalue weighted by Crippen LogP contribution is 2.27. The number of amides is 2. The zero-order chi connectivity index (χ0) is 13.8. The van der Waals surface area contributed by atoms with E-state index in [2.05, 4.69) is 5.32 Å². The molecule has 19 heavy (non-hydrogen) atoms. The average molecular weight is 260 g/mol. The number of amidine groups is 1. The lowest BCUT2D eigenvalue weighted by Gasteiger charge is -2.22. The van der Waals surface area contributed by atoms with Gasteiger partial charge in [-0.05, 0) is 37.5 Å². The highest BCUT2D eigenvalue weighted by Gasteiger charge is 2.32. The van der Waals surface area contributed by atoms with Crippen molar-refractivity contribution in [3.05, 3.63) is 29.8 Å². The van der Waals surface area contributed by atoms with Crippen molar-refractivity contribution in [2.45, 2.75) is 32.2 Å². The van der Waals surface area contributed by atoms with Crippen molar-refractivity contribution in [3.8, 4) is 0 Å². The van der Waals surface area contributed by atoms with E-state index >= 15 is 0 Å². The van der Waals surface area contributed by atoms with Crippen molar-refractivity contribution in [3.63, 3.8) is 0 Å². The van der Waals surface area contributed by atoms with Gasteiger partial charge in [-0.15, -0.1) is 0 Å². The topological polar surface area (TPSA) is 82.2 Å². The molecule has 0 bridgehead atoms. The smallest absolute Gasteiger partial charge is 0.322 e. The zero-order valence-corrected chi connectivity index (χ0v) is 11.1. The third-order valence-electron chi connectivity index (χ3n) is 3.14. The van der Waals surface area contributed by atoms with E-state index in [0.29, 0.717) is 19.0 Å². The predicted octanol–water partition coefficient (Wildman–Crippen LogP) is 2.32. The molecule has 2 rings (SSSR count). The lowest BCUT2D eigenvalue weighted by Crippen LogP contribution is -2.38. The minimum absolute atomic E-state index is 0.102. The molecule has 1 saturated carbocycles. The molecule has 0 aliphatic heterocycles. The van der Waals surface area contributed by atoms with Crippen LogP contribution in [0.15, 0.2) is 24.3 Å². The fraction of sp³-hybridized carbons (Fsp3) is 0.429. The van der Waals surface area contributed by atoms with Crippen LogP contribution in [-0.4, -0.2) is 29.4 Å². The fourth-order valence-electron chi connectivity index (χ4n) is 2.00. The summed E-state index contributed by atoms with van der Waals surface area (Å²) >= 11 is 0. The minimum atomic E-state index is -0.102. The first kappa shape index (κ1) is 13.4. The largest absolute Gasteiger partial charge is 0.388 e. The van der Waals surface area contributed by atoms with Gasteiger partial charge in [-0.2, -0.15) is 0 Å². The van der Waals surface area contributed by atoms with Gasteiger partial charge in [0.25, 0.3) is 0 Å². The van der Waals surface area contributed by atoms with Crippen LogP contribution in [0.5, 0.6) is 0 Å². The van der Waals surface area contributed by atoms with Crippen LogP contribution in [0.2, 0.25) is 0 Å². The molecule has 0 heterocycles. The minimum Gasteiger partial charge on any atom is -0.388 e. The van der Waals surface area contributed by atoms with E-state index in [1.54, 1.807) is 4.90 Å². The Kier molecular flexibility index (Phi) is 4.04. The second kappa shape index (κ2) is 5.73. The number of carbonyl (C=O) groups is 1. The summed E-state index contributed by atoms with van der Waals surface area (Å²) in [5, 5.41) is 10.2. The van der Waals surface area contributed by atoms with Gasteiger partial charge in [-0.25, -0.2) is 4.79 Å². The molecule has 5 heteroatoms. The second-order valence-electron chi connectivity index (χ2n) is 5.00. The molecule has 1 aliphatic carbocycles.